The summed E-state index contributed by atoms with van der Waals surface area (Å²) in [5, 5.41) is 9.60. The lowest BCUT2D eigenvalue weighted by atomic mass is 9.92. The van der Waals surface area contributed by atoms with Crippen LogP contribution in [0.15, 0.2) is 17.2 Å². The molecule has 4 heterocycles. The molecule has 0 saturated heterocycles. The molecule has 1 amide bonds. The van der Waals surface area contributed by atoms with Crippen LogP contribution < -0.4 is 9.80 Å². The van der Waals surface area contributed by atoms with Crippen molar-refractivity contribution in [1.82, 2.24) is 9.88 Å². The molecule has 1 unspecified atom stereocenters. The second kappa shape index (κ2) is 7.72. The fraction of sp³-hybridized carbons (Fsp3) is 0.500. The second-order valence-electron chi connectivity index (χ2n) is 8.38. The van der Waals surface area contributed by atoms with Gasteiger partial charge in [0.1, 0.15) is 17.8 Å². The van der Waals surface area contributed by atoms with Crippen LogP contribution in [0.5, 0.6) is 0 Å². The lowest BCUT2D eigenvalue weighted by Crippen LogP contribution is -2.50. The number of rotatable bonds is 3. The highest BCUT2D eigenvalue weighted by atomic mass is 35.5. The van der Waals surface area contributed by atoms with E-state index >= 15 is 0 Å². The van der Waals surface area contributed by atoms with Gasteiger partial charge in [0.2, 0.25) is 0 Å². The van der Waals surface area contributed by atoms with Crippen LogP contribution in [-0.2, 0) is 9.59 Å². The van der Waals surface area contributed by atoms with Crippen LogP contribution in [-0.4, -0.2) is 78.1 Å². The lowest BCUT2D eigenvalue weighted by molar-refractivity contribution is -0.144. The predicted molar refractivity (Wildman–Crippen MR) is 114 cm³/mol. The Balaban J connectivity index is 0.00000231. The molecule has 4 aliphatic rings. The van der Waals surface area contributed by atoms with E-state index in [2.05, 4.69) is 16.9 Å². The zero-order valence-electron chi connectivity index (χ0n) is 16.7. The third kappa shape index (κ3) is 3.48. The molecule has 0 spiro atoms. The Morgan fingerprint density at radius 3 is 2.55 bits per heavy atom. The number of aromatic nitrogens is 1. The minimum atomic E-state index is -1.90. The zero-order chi connectivity index (χ0) is 21.3. The van der Waals surface area contributed by atoms with E-state index < -0.39 is 35.8 Å². The Hall–Kier alpha value is -2.23. The van der Waals surface area contributed by atoms with Crippen LogP contribution in [0.3, 0.4) is 0 Å². The Morgan fingerprint density at radius 1 is 1.23 bits per heavy atom. The highest BCUT2D eigenvalue weighted by Crippen LogP contribution is 2.43. The van der Waals surface area contributed by atoms with Gasteiger partial charge in [-0.15, -0.1) is 12.4 Å². The Bertz CT molecular complexity index is 1030. The Kier molecular flexibility index (Phi) is 5.47. The van der Waals surface area contributed by atoms with Gasteiger partial charge >= 0.3 is 5.97 Å². The number of Topliss-reactive ketones (excluding diaryl/α,β-unsaturated/α-hetero) is 1. The van der Waals surface area contributed by atoms with Crippen molar-refractivity contribution in [3.8, 4) is 0 Å². The summed E-state index contributed by atoms with van der Waals surface area (Å²) in [6.45, 7) is 3.14. The zero-order valence-corrected chi connectivity index (χ0v) is 18.2. The minimum Gasteiger partial charge on any atom is -0.480 e. The standard InChI is InChI=1S/C20H20ClFN4O4.ClH/c1-24-3-2-9-7-25(8-10(9)6-24)18-12(21)4-11-16(27)15(20(29)30)19(28)26(17(11)23-18)14-5-13(14)22;/h4,13-15H,2-3,5-8H2,1H3,(H,29,30);1H/t13-,14+,15?;/m0./s1. The normalized spacial score (nSPS) is 27.8. The summed E-state index contributed by atoms with van der Waals surface area (Å²) in [7, 11) is 2.06. The molecule has 11 heteroatoms. The van der Waals surface area contributed by atoms with Gasteiger partial charge in [-0.2, -0.15) is 0 Å². The molecule has 1 fully saturated rings. The number of nitrogens with zero attached hydrogens (tertiary/aromatic N) is 4. The molecule has 1 aliphatic carbocycles. The number of carboxylic acid groups (broad SMARTS) is 1. The molecule has 8 nitrogen and oxygen atoms in total. The van der Waals surface area contributed by atoms with Crippen molar-refractivity contribution in [2.24, 2.45) is 5.92 Å². The molecule has 1 N–H and O–H groups in total. The van der Waals surface area contributed by atoms with E-state index in [0.29, 0.717) is 18.9 Å². The maximum atomic E-state index is 13.9. The van der Waals surface area contributed by atoms with Crippen LogP contribution in [0.4, 0.5) is 16.0 Å². The predicted octanol–water partition coefficient (Wildman–Crippen LogP) is 1.95. The second-order valence-corrected chi connectivity index (χ2v) is 8.79. The number of carbonyl (C=O) groups is 3. The first-order chi connectivity index (χ1) is 14.3. The summed E-state index contributed by atoms with van der Waals surface area (Å²) in [6.07, 6.45) is -0.210. The number of hydrogen-bond donors (Lipinski definition) is 1. The molecule has 1 aromatic heterocycles. The van der Waals surface area contributed by atoms with Crippen LogP contribution in [0.25, 0.3) is 0 Å². The average molecular weight is 471 g/mol. The quantitative estimate of drug-likeness (QED) is 0.532. The third-order valence-electron chi connectivity index (χ3n) is 6.26. The number of carbonyl (C=O) groups excluding carboxylic acids is 2. The van der Waals surface area contributed by atoms with Crippen LogP contribution in [0.2, 0.25) is 5.02 Å². The van der Waals surface area contributed by atoms with Gasteiger partial charge in [0, 0.05) is 32.6 Å². The molecule has 0 aromatic carbocycles. The highest BCUT2D eigenvalue weighted by Gasteiger charge is 2.54. The summed E-state index contributed by atoms with van der Waals surface area (Å²) in [6, 6.07) is 0.571. The van der Waals surface area contributed by atoms with Crippen LogP contribution in [0, 0.1) is 5.92 Å². The first-order valence-corrected chi connectivity index (χ1v) is 10.2. The Labute approximate surface area is 189 Å². The van der Waals surface area contributed by atoms with E-state index in [1.54, 1.807) is 0 Å². The fourth-order valence-electron chi connectivity index (χ4n) is 4.56. The molecule has 166 valence electrons. The van der Waals surface area contributed by atoms with Crippen molar-refractivity contribution in [1.29, 1.82) is 0 Å². The van der Waals surface area contributed by atoms with Crippen molar-refractivity contribution in [3.63, 3.8) is 0 Å². The minimum absolute atomic E-state index is 0. The largest absolute Gasteiger partial charge is 0.480 e. The number of pyridine rings is 1. The number of ketones is 1. The summed E-state index contributed by atoms with van der Waals surface area (Å²) in [5.74, 6) is -4.83. The molecule has 3 atom stereocenters. The summed E-state index contributed by atoms with van der Waals surface area (Å²) in [4.78, 5) is 46.9. The van der Waals surface area contributed by atoms with E-state index in [-0.39, 0.29) is 35.2 Å². The molecule has 0 radical (unpaired) electrons. The van der Waals surface area contributed by atoms with Crippen molar-refractivity contribution < 1.29 is 23.9 Å². The molecule has 1 aromatic rings. The number of aliphatic carboxylic acids is 1. The molecule has 0 bridgehead atoms. The van der Waals surface area contributed by atoms with Gasteiger partial charge in [0.25, 0.3) is 5.91 Å². The van der Waals surface area contributed by atoms with Crippen molar-refractivity contribution in [2.75, 3.05) is 43.0 Å². The van der Waals surface area contributed by atoms with Crippen molar-refractivity contribution in [2.45, 2.75) is 25.1 Å². The topological polar surface area (TPSA) is 94.0 Å². The molecular weight excluding hydrogens is 450 g/mol. The van der Waals surface area contributed by atoms with Gasteiger partial charge in [0.05, 0.1) is 16.6 Å². The molecule has 31 heavy (non-hydrogen) atoms. The van der Waals surface area contributed by atoms with Gasteiger partial charge < -0.3 is 14.9 Å². The maximum Gasteiger partial charge on any atom is 0.324 e. The monoisotopic (exact) mass is 470 g/mol. The summed E-state index contributed by atoms with van der Waals surface area (Å²) >= 11 is 6.46. The van der Waals surface area contributed by atoms with Gasteiger partial charge in [-0.3, -0.25) is 19.3 Å². The van der Waals surface area contributed by atoms with Gasteiger partial charge in [-0.25, -0.2) is 9.37 Å². The van der Waals surface area contributed by atoms with E-state index in [4.69, 9.17) is 11.6 Å². The number of amides is 1. The molecule has 3 aliphatic heterocycles. The van der Waals surface area contributed by atoms with Gasteiger partial charge in [-0.05, 0) is 30.7 Å². The van der Waals surface area contributed by atoms with E-state index in [0.717, 1.165) is 24.4 Å². The number of hydrogen-bond acceptors (Lipinski definition) is 6. The van der Waals surface area contributed by atoms with E-state index in [1.165, 1.54) is 17.2 Å². The lowest BCUT2D eigenvalue weighted by Gasteiger charge is -2.32. The van der Waals surface area contributed by atoms with E-state index in [9.17, 15) is 23.9 Å². The smallest absolute Gasteiger partial charge is 0.324 e. The highest BCUT2D eigenvalue weighted by molar-refractivity contribution is 6.35. The SMILES string of the molecule is CN1CCC2=C(C1)CN(c1nc3c(cc1Cl)C(=O)C(C(=O)O)C(=O)N3[C@@H]1C[C@@H]1F)C2.Cl. The van der Waals surface area contributed by atoms with Crippen molar-refractivity contribution >= 4 is 53.3 Å². The summed E-state index contributed by atoms with van der Waals surface area (Å²) < 4.78 is 13.9. The molecule has 1 saturated carbocycles. The Morgan fingerprint density at radius 2 is 1.90 bits per heavy atom. The van der Waals surface area contributed by atoms with E-state index in [1.807, 2.05) is 4.90 Å². The number of fused-ring (bicyclic) bond motifs is 1. The van der Waals surface area contributed by atoms with Crippen LogP contribution >= 0.6 is 24.0 Å². The number of likely N-dealkylation sites (N-methyl/N-ethyl adjacent to an activating group) is 1. The number of alkyl halides is 1. The van der Waals surface area contributed by atoms with Crippen molar-refractivity contribution in [3.05, 3.63) is 27.8 Å². The fourth-order valence-corrected chi connectivity index (χ4v) is 4.83. The van der Waals surface area contributed by atoms with Gasteiger partial charge in [-0.1, -0.05) is 11.6 Å². The maximum absolute atomic E-state index is 13.9. The molecular formula is C20H21Cl2FN4O4. The number of anilines is 2. The third-order valence-corrected chi connectivity index (χ3v) is 6.53. The first-order valence-electron chi connectivity index (χ1n) is 9.84. The average Bonchev–Trinajstić information content (AvgIpc) is 3.23. The van der Waals surface area contributed by atoms with Gasteiger partial charge in [0.15, 0.2) is 11.7 Å². The first kappa shape index (κ1) is 22.0. The number of carboxylic acids is 1. The summed E-state index contributed by atoms with van der Waals surface area (Å²) in [5.41, 5.74) is 2.59. The van der Waals surface area contributed by atoms with Crippen LogP contribution in [0.1, 0.15) is 23.2 Å². The molecule has 5 rings (SSSR count). The number of halogens is 3.